The van der Waals surface area contributed by atoms with Crippen LogP contribution in [0, 0.1) is 11.7 Å². The molecule has 17 heavy (non-hydrogen) atoms. The Morgan fingerprint density at radius 1 is 1.41 bits per heavy atom. The molecule has 0 aliphatic rings. The molecule has 0 aliphatic carbocycles. The van der Waals surface area contributed by atoms with Crippen LogP contribution in [0.3, 0.4) is 0 Å². The first-order valence-electron chi connectivity index (χ1n) is 5.62. The summed E-state index contributed by atoms with van der Waals surface area (Å²) in [6, 6.07) is 5.89. The molecule has 0 heterocycles. The van der Waals surface area contributed by atoms with Crippen LogP contribution in [0.5, 0.6) is 0 Å². The van der Waals surface area contributed by atoms with E-state index in [4.69, 9.17) is 0 Å². The maximum atomic E-state index is 13.7. The van der Waals surface area contributed by atoms with Crippen molar-refractivity contribution in [3.8, 4) is 0 Å². The van der Waals surface area contributed by atoms with Crippen molar-refractivity contribution in [1.29, 1.82) is 0 Å². The molecule has 1 aromatic rings. The number of hydrogen-bond acceptors (Lipinski definition) is 2. The molecule has 1 aromatic carbocycles. The molecule has 0 saturated heterocycles. The van der Waals surface area contributed by atoms with E-state index in [2.05, 4.69) is 0 Å². The van der Waals surface area contributed by atoms with Crippen molar-refractivity contribution in [3.63, 3.8) is 0 Å². The minimum absolute atomic E-state index is 0.356. The van der Waals surface area contributed by atoms with Gasteiger partial charge in [-0.2, -0.15) is 0 Å². The minimum Gasteiger partial charge on any atom is -0.481 e. The van der Waals surface area contributed by atoms with Crippen LogP contribution >= 0.6 is 0 Å². The highest BCUT2D eigenvalue weighted by Gasteiger charge is 2.31. The summed E-state index contributed by atoms with van der Waals surface area (Å²) in [6.07, 6.45) is 0.465. The molecule has 2 atom stereocenters. The van der Waals surface area contributed by atoms with E-state index in [-0.39, 0.29) is 5.82 Å². The first-order chi connectivity index (χ1) is 7.99. The van der Waals surface area contributed by atoms with E-state index in [0.29, 0.717) is 12.0 Å². The molecule has 0 aliphatic heterocycles. The lowest BCUT2D eigenvalue weighted by Crippen LogP contribution is -2.32. The van der Waals surface area contributed by atoms with Crippen LogP contribution in [0.25, 0.3) is 0 Å². The quantitative estimate of drug-likeness (QED) is 0.858. The summed E-state index contributed by atoms with van der Waals surface area (Å²) in [5.41, 5.74) is 0.437. The number of rotatable bonds is 5. The zero-order valence-corrected chi connectivity index (χ0v) is 10.4. The van der Waals surface area contributed by atoms with Crippen molar-refractivity contribution in [2.24, 2.45) is 5.92 Å². The molecule has 4 heteroatoms. The fraction of sp³-hybridized carbons (Fsp3) is 0.462. The molecule has 1 N–H and O–H groups in total. The largest absolute Gasteiger partial charge is 0.481 e. The van der Waals surface area contributed by atoms with Crippen LogP contribution in [-0.2, 0) is 4.79 Å². The third-order valence-corrected chi connectivity index (χ3v) is 2.92. The van der Waals surface area contributed by atoms with Crippen LogP contribution in [0.15, 0.2) is 24.3 Å². The number of benzene rings is 1. The Morgan fingerprint density at radius 3 is 2.41 bits per heavy atom. The molecule has 0 fully saturated rings. The number of halogens is 1. The summed E-state index contributed by atoms with van der Waals surface area (Å²) in [6.45, 7) is 1.80. The number of aliphatic carboxylic acids is 1. The van der Waals surface area contributed by atoms with Crippen LogP contribution < -0.4 is 0 Å². The fourth-order valence-corrected chi connectivity index (χ4v) is 2.10. The van der Waals surface area contributed by atoms with Crippen molar-refractivity contribution in [3.05, 3.63) is 35.6 Å². The molecule has 0 spiro atoms. The molecule has 0 saturated carbocycles. The van der Waals surface area contributed by atoms with Gasteiger partial charge in [-0.05, 0) is 26.6 Å². The van der Waals surface area contributed by atoms with Crippen LogP contribution in [-0.4, -0.2) is 30.1 Å². The molecular formula is C13H18FNO2. The fourth-order valence-electron chi connectivity index (χ4n) is 2.10. The van der Waals surface area contributed by atoms with Gasteiger partial charge in [0.05, 0.1) is 12.0 Å². The number of carbonyl (C=O) groups is 1. The Hall–Kier alpha value is -1.42. The molecule has 0 bridgehead atoms. The number of nitrogens with zero attached hydrogens (tertiary/aromatic N) is 1. The van der Waals surface area contributed by atoms with Gasteiger partial charge in [0, 0.05) is 5.56 Å². The van der Waals surface area contributed by atoms with Crippen LogP contribution in [0.2, 0.25) is 0 Å². The zero-order chi connectivity index (χ0) is 13.0. The minimum atomic E-state index is -0.894. The number of carboxylic acids is 1. The summed E-state index contributed by atoms with van der Waals surface area (Å²) in [5, 5.41) is 9.20. The Kier molecular flexibility index (Phi) is 4.63. The van der Waals surface area contributed by atoms with Gasteiger partial charge < -0.3 is 10.0 Å². The van der Waals surface area contributed by atoms with Gasteiger partial charge in [-0.25, -0.2) is 4.39 Å². The van der Waals surface area contributed by atoms with Crippen LogP contribution in [0.4, 0.5) is 4.39 Å². The Labute approximate surface area is 101 Å². The number of hydrogen-bond donors (Lipinski definition) is 1. The van der Waals surface area contributed by atoms with Gasteiger partial charge in [-0.15, -0.1) is 0 Å². The van der Waals surface area contributed by atoms with E-state index < -0.39 is 17.9 Å². The normalized spacial score (nSPS) is 14.6. The van der Waals surface area contributed by atoms with Crippen molar-refractivity contribution < 1.29 is 14.3 Å². The average molecular weight is 239 g/mol. The molecular weight excluding hydrogens is 221 g/mol. The number of carboxylic acid groups (broad SMARTS) is 1. The Morgan fingerprint density at radius 2 is 2.00 bits per heavy atom. The monoisotopic (exact) mass is 239 g/mol. The van der Waals surface area contributed by atoms with Crippen LogP contribution in [0.1, 0.15) is 24.9 Å². The second-order valence-corrected chi connectivity index (χ2v) is 4.28. The Bertz CT molecular complexity index is 393. The summed E-state index contributed by atoms with van der Waals surface area (Å²) < 4.78 is 13.7. The summed E-state index contributed by atoms with van der Waals surface area (Å²) >= 11 is 0. The molecule has 94 valence electrons. The van der Waals surface area contributed by atoms with Gasteiger partial charge in [0.1, 0.15) is 5.82 Å². The highest BCUT2D eigenvalue weighted by molar-refractivity contribution is 5.71. The lowest BCUT2D eigenvalue weighted by molar-refractivity contribution is -0.144. The van der Waals surface area contributed by atoms with E-state index in [1.165, 1.54) is 6.07 Å². The van der Waals surface area contributed by atoms with Gasteiger partial charge >= 0.3 is 5.97 Å². The summed E-state index contributed by atoms with van der Waals surface area (Å²) in [7, 11) is 3.53. The molecule has 0 amide bonds. The predicted octanol–water partition coefficient (Wildman–Crippen LogP) is 2.54. The molecule has 0 radical (unpaired) electrons. The van der Waals surface area contributed by atoms with Crippen molar-refractivity contribution >= 4 is 5.97 Å². The third-order valence-electron chi connectivity index (χ3n) is 2.92. The van der Waals surface area contributed by atoms with E-state index in [1.54, 1.807) is 44.1 Å². The van der Waals surface area contributed by atoms with E-state index in [0.717, 1.165) is 0 Å². The standard InChI is InChI=1S/C13H18FNO2/c1-4-9(13(16)17)12(15(2)3)10-7-5-6-8-11(10)14/h5-9,12H,4H2,1-3H3,(H,16,17). The van der Waals surface area contributed by atoms with Gasteiger partial charge in [-0.1, -0.05) is 25.1 Å². The van der Waals surface area contributed by atoms with Crippen molar-refractivity contribution in [1.82, 2.24) is 4.90 Å². The summed E-state index contributed by atoms with van der Waals surface area (Å²) in [4.78, 5) is 13.0. The van der Waals surface area contributed by atoms with Gasteiger partial charge in [-0.3, -0.25) is 4.79 Å². The van der Waals surface area contributed by atoms with Gasteiger partial charge in [0.15, 0.2) is 0 Å². The van der Waals surface area contributed by atoms with E-state index in [1.807, 2.05) is 0 Å². The smallest absolute Gasteiger partial charge is 0.308 e. The first-order valence-corrected chi connectivity index (χ1v) is 5.62. The van der Waals surface area contributed by atoms with E-state index >= 15 is 0 Å². The van der Waals surface area contributed by atoms with Crippen molar-refractivity contribution in [2.75, 3.05) is 14.1 Å². The summed E-state index contributed by atoms with van der Waals surface area (Å²) in [5.74, 6) is -1.86. The van der Waals surface area contributed by atoms with Gasteiger partial charge in [0.25, 0.3) is 0 Å². The lowest BCUT2D eigenvalue weighted by atomic mass is 9.90. The molecule has 0 aromatic heterocycles. The molecule has 1 rings (SSSR count). The van der Waals surface area contributed by atoms with Gasteiger partial charge in [0.2, 0.25) is 0 Å². The van der Waals surface area contributed by atoms with Crippen molar-refractivity contribution in [2.45, 2.75) is 19.4 Å². The topological polar surface area (TPSA) is 40.5 Å². The second kappa shape index (κ2) is 5.77. The maximum absolute atomic E-state index is 13.7. The molecule has 3 nitrogen and oxygen atoms in total. The highest BCUT2D eigenvalue weighted by Crippen LogP contribution is 2.30. The predicted molar refractivity (Wildman–Crippen MR) is 64.2 cm³/mol. The first kappa shape index (κ1) is 13.6. The third kappa shape index (κ3) is 3.03. The van der Waals surface area contributed by atoms with E-state index in [9.17, 15) is 14.3 Å². The highest BCUT2D eigenvalue weighted by atomic mass is 19.1. The average Bonchev–Trinajstić information content (AvgIpc) is 2.26. The molecule has 2 unspecified atom stereocenters. The lowest BCUT2D eigenvalue weighted by Gasteiger charge is -2.29. The zero-order valence-electron chi connectivity index (χ0n) is 10.4. The Balaban J connectivity index is 3.18. The second-order valence-electron chi connectivity index (χ2n) is 4.28. The maximum Gasteiger partial charge on any atom is 0.308 e. The SMILES string of the molecule is CCC(C(=O)O)C(c1ccccc1F)N(C)C.